The molecule has 0 aromatic carbocycles. The maximum Gasteiger partial charge on any atom is 0.294 e. The minimum absolute atomic E-state index is 0.0637. The summed E-state index contributed by atoms with van der Waals surface area (Å²) in [4.78, 5) is 71.2. The molecular formula is C43H51N3O7S. The van der Waals surface area contributed by atoms with E-state index in [4.69, 9.17) is 4.42 Å². The highest BCUT2D eigenvalue weighted by molar-refractivity contribution is 8.18. The average Bonchev–Trinajstić information content (AvgIpc) is 3.76. The first kappa shape index (κ1) is 36.8. The number of furan rings is 1. The Bertz CT molecular complexity index is 2030. The minimum Gasteiger partial charge on any atom is -0.504 e. The fraction of sp³-hybridized carbons (Fsp3) is 0.558. The van der Waals surface area contributed by atoms with Crippen LogP contribution < -0.4 is 0 Å². The summed E-state index contributed by atoms with van der Waals surface area (Å²) in [5.74, 6) is -0.359. The lowest BCUT2D eigenvalue weighted by Gasteiger charge is -2.70. The third-order valence-electron chi connectivity index (χ3n) is 15.3. The van der Waals surface area contributed by atoms with E-state index in [2.05, 4.69) is 46.8 Å². The molecule has 0 radical (unpaired) electrons. The van der Waals surface area contributed by atoms with Gasteiger partial charge in [0.2, 0.25) is 17.6 Å². The van der Waals surface area contributed by atoms with Crippen molar-refractivity contribution in [3.63, 3.8) is 0 Å². The van der Waals surface area contributed by atoms with Crippen LogP contribution in [0.4, 0.5) is 4.79 Å². The van der Waals surface area contributed by atoms with Crippen LogP contribution in [0.2, 0.25) is 0 Å². The van der Waals surface area contributed by atoms with Crippen LogP contribution >= 0.6 is 11.8 Å². The molecule has 3 saturated carbocycles. The van der Waals surface area contributed by atoms with Gasteiger partial charge in [-0.1, -0.05) is 52.3 Å². The van der Waals surface area contributed by atoms with Crippen LogP contribution in [0.1, 0.15) is 92.2 Å². The van der Waals surface area contributed by atoms with Gasteiger partial charge in [0, 0.05) is 48.7 Å². The number of imide groups is 1. The molecule has 1 N–H and O–H groups in total. The molecule has 2 saturated heterocycles. The van der Waals surface area contributed by atoms with Gasteiger partial charge in [-0.3, -0.25) is 28.9 Å². The Kier molecular flexibility index (Phi) is 8.49. The number of aliphatic hydroxyl groups excluding tert-OH is 1. The maximum absolute atomic E-state index is 14.6. The zero-order valence-corrected chi connectivity index (χ0v) is 33.1. The van der Waals surface area contributed by atoms with Crippen molar-refractivity contribution in [2.75, 3.05) is 32.7 Å². The van der Waals surface area contributed by atoms with Gasteiger partial charge in [-0.05, 0) is 115 Å². The van der Waals surface area contributed by atoms with Crippen molar-refractivity contribution >= 4 is 46.6 Å². The molecule has 1 aromatic heterocycles. The molecule has 8 rings (SSSR count). The summed E-state index contributed by atoms with van der Waals surface area (Å²) in [5.41, 5.74) is 3.11. The second-order valence-corrected chi connectivity index (χ2v) is 19.1. The largest absolute Gasteiger partial charge is 0.504 e. The first-order valence-electron chi connectivity index (χ1n) is 19.4. The molecule has 0 unspecified atom stereocenters. The number of ketones is 1. The van der Waals surface area contributed by atoms with Gasteiger partial charge in [0.25, 0.3) is 11.1 Å². The van der Waals surface area contributed by atoms with E-state index in [0.717, 1.165) is 72.8 Å². The molecule has 6 atom stereocenters. The van der Waals surface area contributed by atoms with Crippen molar-refractivity contribution in [1.29, 1.82) is 0 Å². The van der Waals surface area contributed by atoms with Gasteiger partial charge in [-0.25, -0.2) is 0 Å². The number of hydrogen-bond donors (Lipinski definition) is 1. The van der Waals surface area contributed by atoms with Crippen molar-refractivity contribution in [2.45, 2.75) is 86.5 Å². The number of aliphatic hydroxyl groups is 1. The Morgan fingerprint density at radius 2 is 1.65 bits per heavy atom. The molecular weight excluding hydrogens is 703 g/mol. The normalized spacial score (nSPS) is 37.3. The maximum atomic E-state index is 14.6. The predicted octanol–water partition coefficient (Wildman–Crippen LogP) is 7.61. The van der Waals surface area contributed by atoms with Crippen molar-refractivity contribution < 1.29 is 33.5 Å². The molecule has 5 aliphatic carbocycles. The van der Waals surface area contributed by atoms with Crippen LogP contribution in [-0.2, 0) is 19.2 Å². The molecule has 5 fully saturated rings. The van der Waals surface area contributed by atoms with Gasteiger partial charge < -0.3 is 19.3 Å². The first-order valence-corrected chi connectivity index (χ1v) is 20.2. The molecule has 1 aromatic rings. The van der Waals surface area contributed by atoms with E-state index in [1.807, 2.05) is 11.8 Å². The Hall–Kier alpha value is -4.12. The minimum atomic E-state index is -0.535. The van der Waals surface area contributed by atoms with Crippen LogP contribution in [0.15, 0.2) is 74.0 Å². The molecule has 0 bridgehead atoms. The molecule has 10 nitrogen and oxygen atoms in total. The third kappa shape index (κ3) is 5.30. The zero-order valence-electron chi connectivity index (χ0n) is 32.3. The fourth-order valence-electron chi connectivity index (χ4n) is 11.6. The lowest BCUT2D eigenvalue weighted by Crippen LogP contribution is -2.63. The van der Waals surface area contributed by atoms with Gasteiger partial charge in [0.15, 0.2) is 5.76 Å². The van der Waals surface area contributed by atoms with Crippen LogP contribution in [0, 0.1) is 33.0 Å². The Morgan fingerprint density at radius 1 is 0.944 bits per heavy atom. The monoisotopic (exact) mass is 753 g/mol. The summed E-state index contributed by atoms with van der Waals surface area (Å²) < 4.78 is 5.28. The zero-order chi connectivity index (χ0) is 38.6. The van der Waals surface area contributed by atoms with Gasteiger partial charge in [-0.2, -0.15) is 0 Å². The highest BCUT2D eigenvalue weighted by Crippen LogP contribution is 2.75. The molecule has 54 heavy (non-hydrogen) atoms. The smallest absolute Gasteiger partial charge is 0.294 e. The van der Waals surface area contributed by atoms with Gasteiger partial charge in [0.1, 0.15) is 12.3 Å². The summed E-state index contributed by atoms with van der Waals surface area (Å²) in [6, 6.07) is 3.39. The molecule has 0 spiro atoms. The molecule has 7 aliphatic rings. The van der Waals surface area contributed by atoms with Crippen molar-refractivity contribution in [2.24, 2.45) is 33.0 Å². The highest BCUT2D eigenvalue weighted by atomic mass is 32.2. The summed E-state index contributed by atoms with van der Waals surface area (Å²) in [6.45, 7) is 14.8. The number of nitrogens with zero attached hydrogens (tertiary/aromatic N) is 3. The number of allylic oxidation sites excluding steroid dienone is 7. The van der Waals surface area contributed by atoms with E-state index in [1.54, 1.807) is 23.1 Å². The number of carbonyl (C=O) groups is 5. The van der Waals surface area contributed by atoms with E-state index in [-0.39, 0.29) is 56.5 Å². The standard InChI is InChI=1S/C43H51N3O7S/c1-26-28-9-10-32-41(4,29(28)23-30(47)35(26)49)14-16-43(6)33-24-40(3,12-11-39(33,2)13-15-42(32,43)5)37(51)45-19-17-44(18-20-45)34(48)25-46-36(50)31(54-38(46)52)22-27-8-7-21-53-27/h7-10,21-23,33,49H,11-20,24-25H2,1-6H3/b31-22-/t33-,39-,40-,41+,42-,43+/m1/s1. The second-order valence-electron chi connectivity index (χ2n) is 18.1. The lowest BCUT2D eigenvalue weighted by molar-refractivity contribution is -0.175. The Labute approximate surface area is 321 Å². The van der Waals surface area contributed by atoms with Crippen molar-refractivity contribution in [3.8, 4) is 0 Å². The van der Waals surface area contributed by atoms with E-state index < -0.39 is 16.6 Å². The van der Waals surface area contributed by atoms with Gasteiger partial charge in [0.05, 0.1) is 11.2 Å². The summed E-state index contributed by atoms with van der Waals surface area (Å²) in [5, 5.41) is 10.0. The van der Waals surface area contributed by atoms with Crippen LogP contribution in [0.3, 0.4) is 0 Å². The van der Waals surface area contributed by atoms with E-state index in [1.165, 1.54) is 17.9 Å². The van der Waals surface area contributed by atoms with Crippen LogP contribution in [0.5, 0.6) is 0 Å². The third-order valence-corrected chi connectivity index (χ3v) is 16.2. The summed E-state index contributed by atoms with van der Waals surface area (Å²) in [6.07, 6.45) is 15.7. The number of carbonyl (C=O) groups excluding carboxylic acids is 5. The summed E-state index contributed by atoms with van der Waals surface area (Å²) >= 11 is 0.797. The van der Waals surface area contributed by atoms with Gasteiger partial charge in [-0.15, -0.1) is 0 Å². The summed E-state index contributed by atoms with van der Waals surface area (Å²) in [7, 11) is 0. The van der Waals surface area contributed by atoms with E-state index >= 15 is 0 Å². The Morgan fingerprint density at radius 3 is 2.35 bits per heavy atom. The molecule has 4 amide bonds. The van der Waals surface area contributed by atoms with E-state index in [0.29, 0.717) is 43.4 Å². The molecule has 286 valence electrons. The van der Waals surface area contributed by atoms with E-state index in [9.17, 15) is 29.1 Å². The van der Waals surface area contributed by atoms with Gasteiger partial charge >= 0.3 is 0 Å². The number of thioether (sulfide) groups is 1. The second kappa shape index (κ2) is 12.4. The Balaban J connectivity index is 0.963. The highest BCUT2D eigenvalue weighted by Gasteiger charge is 2.67. The topological polar surface area (TPSA) is 128 Å². The van der Waals surface area contributed by atoms with Crippen LogP contribution in [0.25, 0.3) is 6.08 Å². The lowest BCUT2D eigenvalue weighted by atomic mass is 9.34. The average molecular weight is 754 g/mol. The number of amides is 4. The number of piperazine rings is 1. The number of rotatable bonds is 4. The molecule has 3 heterocycles. The SMILES string of the molecule is CC1=C(O)C(=O)C=C2C1=CC=C1[C@@]2(C)CC[C@@]2(C)[C@@H]3C[C@](C)(C(=O)N4CCN(C(=O)CN5C(=O)S/C(=C\c6ccco6)C5=O)CC4)CC[C@]3(C)CC[C@]12C. The number of fused-ring (bicyclic) bond motifs is 7. The first-order chi connectivity index (χ1) is 25.4. The van der Waals surface area contributed by atoms with Crippen molar-refractivity contribution in [3.05, 3.63) is 75.3 Å². The molecule has 2 aliphatic heterocycles. The predicted molar refractivity (Wildman–Crippen MR) is 205 cm³/mol. The van der Waals surface area contributed by atoms with Crippen LogP contribution in [-0.4, -0.2) is 81.3 Å². The number of hydrogen-bond acceptors (Lipinski definition) is 8. The van der Waals surface area contributed by atoms with Crippen molar-refractivity contribution in [1.82, 2.24) is 14.7 Å². The quantitative estimate of drug-likeness (QED) is 0.311. The molecule has 11 heteroatoms. The fourth-order valence-corrected chi connectivity index (χ4v) is 12.4.